The van der Waals surface area contributed by atoms with Crippen LogP contribution >= 0.6 is 0 Å². The van der Waals surface area contributed by atoms with Gasteiger partial charge in [-0.25, -0.2) is 0 Å². The third-order valence-corrected chi connectivity index (χ3v) is 3.16. The topological polar surface area (TPSA) is 27.7 Å². The minimum absolute atomic E-state index is 0.00972. The second kappa shape index (κ2) is 15.4. The second-order valence-corrected chi connectivity index (χ2v) is 5.25. The van der Waals surface area contributed by atoms with Crippen LogP contribution in [0.5, 0.6) is 0 Å². The molecule has 0 aromatic carbocycles. The molecule has 0 spiro atoms. The van der Waals surface area contributed by atoms with Gasteiger partial charge in [-0.3, -0.25) is 0 Å². The summed E-state index contributed by atoms with van der Waals surface area (Å²) in [5.74, 6) is 8.90. The summed E-state index contributed by atoms with van der Waals surface area (Å²) in [7, 11) is 0. The fourth-order valence-electron chi connectivity index (χ4n) is 2.30. The van der Waals surface area contributed by atoms with Crippen molar-refractivity contribution in [2.45, 2.75) is 40.0 Å². The molecule has 0 aromatic heterocycles. The van der Waals surface area contributed by atoms with Crippen LogP contribution in [0.25, 0.3) is 0 Å². The van der Waals surface area contributed by atoms with E-state index < -0.39 is 0 Å². The van der Waals surface area contributed by atoms with Gasteiger partial charge in [0.05, 0.1) is 37.1 Å². The monoisotopic (exact) mass is 344 g/mol. The van der Waals surface area contributed by atoms with Crippen molar-refractivity contribution >= 4 is 6.71 Å². The normalized spacial score (nSPS) is 12.4. The van der Waals surface area contributed by atoms with Crippen LogP contribution in [0, 0.1) is 0 Å². The highest BCUT2D eigenvalue weighted by Gasteiger charge is 2.12. The highest BCUT2D eigenvalue weighted by Crippen LogP contribution is 2.14. The smallest absolute Gasteiger partial charge is 0.229 e. The van der Waals surface area contributed by atoms with E-state index >= 15 is 0 Å². The van der Waals surface area contributed by atoms with Gasteiger partial charge in [-0.1, -0.05) is 36.2 Å². The lowest BCUT2D eigenvalue weighted by Crippen LogP contribution is -2.11. The van der Waals surface area contributed by atoms with Gasteiger partial charge in [0, 0.05) is 19.3 Å². The number of ether oxygens (including phenoxy) is 3. The highest BCUT2D eigenvalue weighted by molar-refractivity contribution is 6.74. The Bertz CT molecular complexity index is 418. The molecule has 0 atom stereocenters. The minimum Gasteiger partial charge on any atom is -0.499 e. The highest BCUT2D eigenvalue weighted by atomic mass is 16.5. The molecule has 138 valence electrons. The Morgan fingerprint density at radius 1 is 0.640 bits per heavy atom. The first-order valence-electron chi connectivity index (χ1n) is 8.98. The Hall–Kier alpha value is -2.10. The Labute approximate surface area is 154 Å². The zero-order valence-electron chi connectivity index (χ0n) is 16.1. The number of hydrogen-bond acceptors (Lipinski definition) is 3. The van der Waals surface area contributed by atoms with Crippen LogP contribution in [0.2, 0.25) is 0 Å². The number of rotatable bonds is 15. The predicted molar refractivity (Wildman–Crippen MR) is 109 cm³/mol. The van der Waals surface area contributed by atoms with Crippen molar-refractivity contribution in [3.05, 3.63) is 73.2 Å². The summed E-state index contributed by atoms with van der Waals surface area (Å²) >= 11 is 0. The van der Waals surface area contributed by atoms with Crippen LogP contribution in [-0.4, -0.2) is 26.5 Å². The Kier molecular flexibility index (Phi) is 14.1. The van der Waals surface area contributed by atoms with Crippen LogP contribution < -0.4 is 0 Å². The molecule has 4 heteroatoms. The largest absolute Gasteiger partial charge is 0.499 e. The molecule has 0 bridgehead atoms. The van der Waals surface area contributed by atoms with Crippen molar-refractivity contribution in [3.63, 3.8) is 0 Å². The van der Waals surface area contributed by atoms with E-state index in [0.717, 1.165) is 17.3 Å². The molecule has 0 heterocycles. The first-order valence-corrected chi connectivity index (χ1v) is 8.98. The molecule has 0 saturated heterocycles. The van der Waals surface area contributed by atoms with Gasteiger partial charge >= 0.3 is 0 Å². The summed E-state index contributed by atoms with van der Waals surface area (Å²) in [6.45, 7) is 19.2. The summed E-state index contributed by atoms with van der Waals surface area (Å²) < 4.78 is 17.2. The average molecular weight is 344 g/mol. The van der Waals surface area contributed by atoms with Gasteiger partial charge in [-0.05, 0) is 20.8 Å². The maximum absolute atomic E-state index is 5.73. The Balaban J connectivity index is 5.80. The van der Waals surface area contributed by atoms with Crippen molar-refractivity contribution in [2.24, 2.45) is 0 Å². The van der Waals surface area contributed by atoms with E-state index in [1.165, 1.54) is 0 Å². The molecule has 0 rings (SSSR count). The summed E-state index contributed by atoms with van der Waals surface area (Å²) in [6.07, 6.45) is 7.57. The van der Waals surface area contributed by atoms with E-state index in [0.29, 0.717) is 39.1 Å². The molecule has 0 aliphatic carbocycles. The van der Waals surface area contributed by atoms with Crippen molar-refractivity contribution in [1.29, 1.82) is 0 Å². The van der Waals surface area contributed by atoms with Crippen LogP contribution in [0.4, 0.5) is 0 Å². The first-order chi connectivity index (χ1) is 12.1. The maximum Gasteiger partial charge on any atom is 0.229 e. The summed E-state index contributed by atoms with van der Waals surface area (Å²) in [5, 5.41) is 0. The maximum atomic E-state index is 5.73. The molecule has 0 radical (unpaired) electrons. The molecule has 0 aliphatic heterocycles. The molecule has 0 aromatic rings. The molecule has 0 saturated carbocycles. The number of allylic oxidation sites excluding steroid dienone is 3. The van der Waals surface area contributed by atoms with E-state index in [-0.39, 0.29) is 6.71 Å². The molecule has 0 amide bonds. The molecule has 0 aliphatic rings. The van der Waals surface area contributed by atoms with Crippen molar-refractivity contribution in [1.82, 2.24) is 0 Å². The first kappa shape index (κ1) is 22.9. The fourth-order valence-corrected chi connectivity index (χ4v) is 2.30. The van der Waals surface area contributed by atoms with Gasteiger partial charge in [0.1, 0.15) is 0 Å². The molecular formula is C21H33BO3. The van der Waals surface area contributed by atoms with E-state index in [9.17, 15) is 0 Å². The number of hydrogen-bond donors (Lipinski definition) is 0. The third kappa shape index (κ3) is 11.1. The molecule has 3 nitrogen and oxygen atoms in total. The van der Waals surface area contributed by atoms with Crippen LogP contribution in [0.3, 0.4) is 0 Å². The summed E-state index contributed by atoms with van der Waals surface area (Å²) in [5.41, 5.74) is 0. The molecule has 0 unspecified atom stereocenters. The second-order valence-electron chi connectivity index (χ2n) is 5.25. The van der Waals surface area contributed by atoms with E-state index in [2.05, 4.69) is 37.7 Å². The van der Waals surface area contributed by atoms with Crippen molar-refractivity contribution < 1.29 is 14.2 Å². The lowest BCUT2D eigenvalue weighted by atomic mass is 9.49. The van der Waals surface area contributed by atoms with Gasteiger partial charge < -0.3 is 14.2 Å². The minimum atomic E-state index is -0.00972. The van der Waals surface area contributed by atoms with E-state index in [4.69, 9.17) is 14.2 Å². The SMILES string of the molecule is C=CC/C(=C\B(/C=C(\CC=C)OCC)/C=C(\CC=C)OCC)OCC. The van der Waals surface area contributed by atoms with Gasteiger partial charge in [-0.15, -0.1) is 19.7 Å². The predicted octanol–water partition coefficient (Wildman–Crippen LogP) is 5.59. The fraction of sp³-hybridized carbons (Fsp3) is 0.429. The molecular weight excluding hydrogens is 311 g/mol. The van der Waals surface area contributed by atoms with Crippen LogP contribution in [0.15, 0.2) is 73.2 Å². The van der Waals surface area contributed by atoms with E-state index in [1.54, 1.807) is 0 Å². The third-order valence-electron chi connectivity index (χ3n) is 3.16. The molecule has 25 heavy (non-hydrogen) atoms. The molecule has 0 N–H and O–H groups in total. The van der Waals surface area contributed by atoms with Crippen molar-refractivity contribution in [3.8, 4) is 0 Å². The lowest BCUT2D eigenvalue weighted by molar-refractivity contribution is 0.223. The zero-order valence-corrected chi connectivity index (χ0v) is 16.1. The van der Waals surface area contributed by atoms with Gasteiger partial charge in [0.15, 0.2) is 0 Å². The van der Waals surface area contributed by atoms with Crippen molar-refractivity contribution in [2.75, 3.05) is 19.8 Å². The van der Waals surface area contributed by atoms with E-state index in [1.807, 2.05) is 39.0 Å². The zero-order chi connectivity index (χ0) is 18.9. The Morgan fingerprint density at radius 2 is 0.920 bits per heavy atom. The van der Waals surface area contributed by atoms with Crippen LogP contribution in [-0.2, 0) is 14.2 Å². The summed E-state index contributed by atoms with van der Waals surface area (Å²) in [4.78, 5) is 0. The lowest BCUT2D eigenvalue weighted by Gasteiger charge is -2.13. The van der Waals surface area contributed by atoms with Gasteiger partial charge in [-0.2, -0.15) is 0 Å². The van der Waals surface area contributed by atoms with Gasteiger partial charge in [0.25, 0.3) is 0 Å². The van der Waals surface area contributed by atoms with Gasteiger partial charge in [0.2, 0.25) is 6.71 Å². The Morgan fingerprint density at radius 3 is 1.12 bits per heavy atom. The molecule has 0 fully saturated rings. The summed E-state index contributed by atoms with van der Waals surface area (Å²) in [6, 6.07) is 0. The standard InChI is InChI=1S/C21H33BO3/c1-7-13-19(23-10-4)16-22(17-20(14-8-2)24-11-5)18-21(15-9-3)25-12-6/h7-9,16-18H,1-3,10-15H2,4-6H3/b19-16+,20-17+,21-18+. The van der Waals surface area contributed by atoms with Crippen LogP contribution in [0.1, 0.15) is 40.0 Å². The average Bonchev–Trinajstić information content (AvgIpc) is 2.56. The quantitative estimate of drug-likeness (QED) is 0.220.